The third-order valence-electron chi connectivity index (χ3n) is 4.89. The molecular weight excluding hydrogens is 338 g/mol. The first kappa shape index (κ1) is 15.2. The zero-order valence-electron chi connectivity index (χ0n) is 12.3. The molecule has 0 amide bonds. The second-order valence-corrected chi connectivity index (χ2v) is 6.79. The van der Waals surface area contributed by atoms with Gasteiger partial charge in [0.2, 0.25) is 0 Å². The zero-order chi connectivity index (χ0) is 15.0. The van der Waals surface area contributed by atoms with Crippen LogP contribution in [-0.2, 0) is 5.33 Å². The molecule has 2 nitrogen and oxygen atoms in total. The highest BCUT2D eigenvalue weighted by molar-refractivity contribution is 9.08. The smallest absolute Gasteiger partial charge is 0.149 e. The molecule has 0 spiro atoms. The molecule has 2 fully saturated rings. The third-order valence-corrected chi connectivity index (χ3v) is 5.54. The number of hydrogen-bond donors (Lipinski definition) is 0. The number of piperidine rings is 2. The van der Waals surface area contributed by atoms with Crippen molar-refractivity contribution in [2.75, 3.05) is 31.6 Å². The molecule has 21 heavy (non-hydrogen) atoms. The van der Waals surface area contributed by atoms with E-state index >= 15 is 0 Å². The van der Waals surface area contributed by atoms with Gasteiger partial charge in [-0.25, -0.2) is 8.78 Å². The molecule has 0 saturated carbocycles. The average Bonchev–Trinajstić information content (AvgIpc) is 2.46. The molecule has 0 bridgehead atoms. The van der Waals surface area contributed by atoms with Crippen LogP contribution in [0.2, 0.25) is 0 Å². The Kier molecular flexibility index (Phi) is 4.50. The SMILES string of the molecule is CN1CCCC2CN(c3c(F)cc(CBr)cc3F)CCC21. The predicted octanol–water partition coefficient (Wildman–Crippen LogP) is 3.78. The lowest BCUT2D eigenvalue weighted by atomic mass is 9.84. The monoisotopic (exact) mass is 358 g/mol. The van der Waals surface area contributed by atoms with Crippen molar-refractivity contribution in [3.63, 3.8) is 0 Å². The predicted molar refractivity (Wildman–Crippen MR) is 85.0 cm³/mol. The first-order valence-corrected chi connectivity index (χ1v) is 8.71. The molecular formula is C16H21BrF2N2. The van der Waals surface area contributed by atoms with Crippen LogP contribution in [-0.4, -0.2) is 37.6 Å². The van der Waals surface area contributed by atoms with Gasteiger partial charge in [0, 0.05) is 24.5 Å². The summed E-state index contributed by atoms with van der Waals surface area (Å²) in [4.78, 5) is 4.31. The average molecular weight is 359 g/mol. The fraction of sp³-hybridized carbons (Fsp3) is 0.625. The molecule has 0 aromatic heterocycles. The standard InChI is InChI=1S/C16H21BrF2N2/c1-20-5-2-3-12-10-21(6-4-15(12)20)16-13(18)7-11(9-17)8-14(16)19/h7-8,12,15H,2-6,9-10H2,1H3. The fourth-order valence-corrected chi connectivity index (χ4v) is 4.18. The van der Waals surface area contributed by atoms with Crippen molar-refractivity contribution >= 4 is 21.6 Å². The number of fused-ring (bicyclic) bond motifs is 1. The molecule has 0 N–H and O–H groups in total. The minimum absolute atomic E-state index is 0.159. The van der Waals surface area contributed by atoms with Crippen LogP contribution in [0.3, 0.4) is 0 Å². The summed E-state index contributed by atoms with van der Waals surface area (Å²) in [6.07, 6.45) is 3.33. The maximum absolute atomic E-state index is 14.3. The van der Waals surface area contributed by atoms with E-state index in [1.165, 1.54) is 18.6 Å². The molecule has 2 aliphatic rings. The lowest BCUT2D eigenvalue weighted by Gasteiger charge is -2.46. The number of likely N-dealkylation sites (tertiary alicyclic amines) is 1. The van der Waals surface area contributed by atoms with E-state index in [0.717, 1.165) is 32.5 Å². The van der Waals surface area contributed by atoms with Crippen LogP contribution in [0.5, 0.6) is 0 Å². The molecule has 0 radical (unpaired) electrons. The second kappa shape index (κ2) is 6.21. The number of hydrogen-bond acceptors (Lipinski definition) is 2. The van der Waals surface area contributed by atoms with Crippen LogP contribution < -0.4 is 4.90 Å². The van der Waals surface area contributed by atoms with Gasteiger partial charge < -0.3 is 9.80 Å². The maximum Gasteiger partial charge on any atom is 0.149 e. The van der Waals surface area contributed by atoms with Gasteiger partial charge in [-0.1, -0.05) is 15.9 Å². The van der Waals surface area contributed by atoms with Gasteiger partial charge in [0.1, 0.15) is 17.3 Å². The van der Waals surface area contributed by atoms with Crippen LogP contribution in [0, 0.1) is 17.6 Å². The highest BCUT2D eigenvalue weighted by atomic mass is 79.9. The van der Waals surface area contributed by atoms with Crippen LogP contribution in [0.25, 0.3) is 0 Å². The van der Waals surface area contributed by atoms with Gasteiger partial charge in [-0.15, -0.1) is 0 Å². The number of anilines is 1. The van der Waals surface area contributed by atoms with Crippen molar-refractivity contribution in [1.29, 1.82) is 0 Å². The number of rotatable bonds is 2. The van der Waals surface area contributed by atoms with E-state index in [2.05, 4.69) is 27.9 Å². The lowest BCUT2D eigenvalue weighted by molar-refractivity contribution is 0.102. The van der Waals surface area contributed by atoms with E-state index in [4.69, 9.17) is 0 Å². The van der Waals surface area contributed by atoms with E-state index in [0.29, 0.717) is 22.9 Å². The molecule has 2 heterocycles. The van der Waals surface area contributed by atoms with Crippen molar-refractivity contribution in [3.05, 3.63) is 29.3 Å². The van der Waals surface area contributed by atoms with E-state index in [9.17, 15) is 8.78 Å². The Labute approximate surface area is 133 Å². The summed E-state index contributed by atoms with van der Waals surface area (Å²) < 4.78 is 28.5. The summed E-state index contributed by atoms with van der Waals surface area (Å²) in [5.74, 6) is -0.355. The quantitative estimate of drug-likeness (QED) is 0.742. The van der Waals surface area contributed by atoms with Crippen LogP contribution in [0.1, 0.15) is 24.8 Å². The van der Waals surface area contributed by atoms with Crippen LogP contribution in [0.4, 0.5) is 14.5 Å². The largest absolute Gasteiger partial charge is 0.366 e. The second-order valence-electron chi connectivity index (χ2n) is 6.23. The molecule has 2 aliphatic heterocycles. The summed E-state index contributed by atoms with van der Waals surface area (Å²) >= 11 is 3.25. The van der Waals surface area contributed by atoms with Gasteiger partial charge in [0.25, 0.3) is 0 Å². The molecule has 1 aromatic rings. The van der Waals surface area contributed by atoms with Crippen molar-refractivity contribution in [2.45, 2.75) is 30.6 Å². The van der Waals surface area contributed by atoms with Crippen LogP contribution >= 0.6 is 15.9 Å². The Morgan fingerprint density at radius 2 is 1.90 bits per heavy atom. The van der Waals surface area contributed by atoms with Gasteiger partial charge >= 0.3 is 0 Å². The first-order valence-electron chi connectivity index (χ1n) is 7.59. The van der Waals surface area contributed by atoms with E-state index in [1.54, 1.807) is 0 Å². The van der Waals surface area contributed by atoms with Crippen molar-refractivity contribution in [2.24, 2.45) is 5.92 Å². The summed E-state index contributed by atoms with van der Waals surface area (Å²) in [7, 11) is 2.17. The van der Waals surface area contributed by atoms with Crippen molar-refractivity contribution < 1.29 is 8.78 Å². The summed E-state index contributed by atoms with van der Waals surface area (Å²) in [6, 6.07) is 3.45. The topological polar surface area (TPSA) is 6.48 Å². The maximum atomic E-state index is 14.3. The first-order chi connectivity index (χ1) is 10.1. The molecule has 0 aliphatic carbocycles. The van der Waals surface area contributed by atoms with Crippen molar-refractivity contribution in [1.82, 2.24) is 4.90 Å². The Balaban J connectivity index is 1.82. The Morgan fingerprint density at radius 1 is 1.19 bits per heavy atom. The van der Waals surface area contributed by atoms with E-state index in [1.807, 2.05) is 4.90 Å². The summed E-state index contributed by atoms with van der Waals surface area (Å²) in [5, 5.41) is 0.469. The van der Waals surface area contributed by atoms with Crippen molar-refractivity contribution in [3.8, 4) is 0 Å². The molecule has 2 unspecified atom stereocenters. The van der Waals surface area contributed by atoms with E-state index < -0.39 is 11.6 Å². The molecule has 2 atom stereocenters. The van der Waals surface area contributed by atoms with Gasteiger partial charge in [0.05, 0.1) is 0 Å². The van der Waals surface area contributed by atoms with E-state index in [-0.39, 0.29) is 5.69 Å². The Morgan fingerprint density at radius 3 is 2.57 bits per heavy atom. The summed E-state index contributed by atoms with van der Waals surface area (Å²) in [6.45, 7) is 2.63. The Bertz CT molecular complexity index is 500. The molecule has 1 aromatic carbocycles. The lowest BCUT2D eigenvalue weighted by Crippen LogP contribution is -2.53. The minimum atomic E-state index is -0.438. The number of benzene rings is 1. The van der Waals surface area contributed by atoms with Crippen LogP contribution in [0.15, 0.2) is 12.1 Å². The number of alkyl halides is 1. The molecule has 2 saturated heterocycles. The molecule has 3 rings (SSSR count). The normalized spacial score (nSPS) is 26.8. The zero-order valence-corrected chi connectivity index (χ0v) is 13.9. The highest BCUT2D eigenvalue weighted by Crippen LogP contribution is 2.34. The fourth-order valence-electron chi connectivity index (χ4n) is 3.85. The minimum Gasteiger partial charge on any atom is -0.366 e. The highest BCUT2D eigenvalue weighted by Gasteiger charge is 2.35. The number of halogens is 3. The molecule has 116 valence electrons. The van der Waals surface area contributed by atoms with Gasteiger partial charge in [0.15, 0.2) is 0 Å². The van der Waals surface area contributed by atoms with Gasteiger partial charge in [-0.3, -0.25) is 0 Å². The van der Waals surface area contributed by atoms with Gasteiger partial charge in [-0.2, -0.15) is 0 Å². The number of nitrogens with zero attached hydrogens (tertiary/aromatic N) is 2. The third kappa shape index (κ3) is 2.95. The Hall–Kier alpha value is -0.680. The molecule has 5 heteroatoms. The van der Waals surface area contributed by atoms with Gasteiger partial charge in [-0.05, 0) is 56.5 Å². The summed E-state index contributed by atoms with van der Waals surface area (Å²) in [5.41, 5.74) is 0.799.